The van der Waals surface area contributed by atoms with Crippen LogP contribution in [0.4, 0.5) is 5.69 Å². The predicted molar refractivity (Wildman–Crippen MR) is 78.5 cm³/mol. The fourth-order valence-corrected chi connectivity index (χ4v) is 2.12. The van der Waals surface area contributed by atoms with E-state index in [9.17, 15) is 14.9 Å². The van der Waals surface area contributed by atoms with Crippen LogP contribution in [0.5, 0.6) is 5.75 Å². The summed E-state index contributed by atoms with van der Waals surface area (Å²) in [4.78, 5) is 20.9. The Labute approximate surface area is 128 Å². The maximum absolute atomic E-state index is 10.8. The molecule has 2 aromatic rings. The van der Waals surface area contributed by atoms with Crippen molar-refractivity contribution in [3.8, 4) is 5.75 Å². The molecule has 108 valence electrons. The van der Waals surface area contributed by atoms with Gasteiger partial charge in [0, 0.05) is 22.2 Å². The van der Waals surface area contributed by atoms with Gasteiger partial charge in [0.2, 0.25) is 0 Å². The van der Waals surface area contributed by atoms with E-state index >= 15 is 0 Å². The Morgan fingerprint density at radius 1 is 1.24 bits per heavy atom. The van der Waals surface area contributed by atoms with Crippen molar-refractivity contribution in [2.75, 3.05) is 0 Å². The van der Waals surface area contributed by atoms with Crippen LogP contribution in [-0.2, 0) is 6.61 Å². The van der Waals surface area contributed by atoms with Crippen molar-refractivity contribution in [2.45, 2.75) is 6.61 Å². The number of benzene rings is 2. The molecular weight excluding hydrogens is 342 g/mol. The number of rotatable bonds is 5. The summed E-state index contributed by atoms with van der Waals surface area (Å²) in [7, 11) is 0. The molecule has 0 aliphatic carbocycles. The summed E-state index contributed by atoms with van der Waals surface area (Å²) in [6, 6.07) is 10.4. The second-order valence-electron chi connectivity index (χ2n) is 4.15. The molecule has 21 heavy (non-hydrogen) atoms. The predicted octanol–water partition coefficient (Wildman–Crippen LogP) is 3.63. The maximum Gasteiger partial charge on any atom is 0.335 e. The van der Waals surface area contributed by atoms with Crippen molar-refractivity contribution in [1.29, 1.82) is 0 Å². The summed E-state index contributed by atoms with van der Waals surface area (Å²) in [6.07, 6.45) is 0. The van der Waals surface area contributed by atoms with Crippen molar-refractivity contribution in [1.82, 2.24) is 0 Å². The lowest BCUT2D eigenvalue weighted by molar-refractivity contribution is -0.384. The molecule has 0 aliphatic heterocycles. The maximum atomic E-state index is 10.8. The first-order valence-corrected chi connectivity index (χ1v) is 6.65. The zero-order valence-corrected chi connectivity index (χ0v) is 12.2. The van der Waals surface area contributed by atoms with Gasteiger partial charge < -0.3 is 9.84 Å². The van der Waals surface area contributed by atoms with E-state index < -0.39 is 10.9 Å². The molecule has 7 heteroatoms. The molecule has 0 atom stereocenters. The van der Waals surface area contributed by atoms with Gasteiger partial charge in [0.05, 0.1) is 10.5 Å². The molecule has 0 aliphatic rings. The van der Waals surface area contributed by atoms with Crippen LogP contribution < -0.4 is 4.74 Å². The third-order valence-corrected chi connectivity index (χ3v) is 3.48. The number of nitrogens with zero attached hydrogens (tertiary/aromatic N) is 1. The number of carbonyl (C=O) groups is 1. The zero-order chi connectivity index (χ0) is 15.4. The number of carboxylic acids is 1. The summed E-state index contributed by atoms with van der Waals surface area (Å²) < 4.78 is 6.14. The van der Waals surface area contributed by atoms with Crippen molar-refractivity contribution in [3.05, 3.63) is 68.2 Å². The minimum atomic E-state index is -1.00. The number of hydrogen-bond acceptors (Lipinski definition) is 4. The van der Waals surface area contributed by atoms with E-state index in [1.807, 2.05) is 0 Å². The lowest BCUT2D eigenvalue weighted by Crippen LogP contribution is -2.00. The minimum Gasteiger partial charge on any atom is -0.489 e. The number of non-ortho nitro benzene ring substituents is 1. The lowest BCUT2D eigenvalue weighted by atomic mass is 10.1. The summed E-state index contributed by atoms with van der Waals surface area (Å²) in [5, 5.41) is 19.4. The third kappa shape index (κ3) is 3.79. The second-order valence-corrected chi connectivity index (χ2v) is 5.01. The van der Waals surface area contributed by atoms with Gasteiger partial charge in [0.1, 0.15) is 12.4 Å². The Morgan fingerprint density at radius 3 is 2.43 bits per heavy atom. The van der Waals surface area contributed by atoms with Crippen LogP contribution in [0, 0.1) is 10.1 Å². The van der Waals surface area contributed by atoms with Crippen molar-refractivity contribution in [3.63, 3.8) is 0 Å². The molecule has 0 unspecified atom stereocenters. The monoisotopic (exact) mass is 351 g/mol. The van der Waals surface area contributed by atoms with Gasteiger partial charge in [-0.15, -0.1) is 0 Å². The van der Waals surface area contributed by atoms with Crippen LogP contribution in [0.3, 0.4) is 0 Å². The molecule has 0 saturated heterocycles. The number of aromatic carboxylic acids is 1. The normalized spacial score (nSPS) is 10.1. The molecule has 6 nitrogen and oxygen atoms in total. The minimum absolute atomic E-state index is 0.00524. The molecule has 0 bridgehead atoms. The highest BCUT2D eigenvalue weighted by Gasteiger charge is 2.08. The van der Waals surface area contributed by atoms with E-state index in [-0.39, 0.29) is 17.9 Å². The summed E-state index contributed by atoms with van der Waals surface area (Å²) in [5.41, 5.74) is 0.952. The molecule has 2 aromatic carbocycles. The summed E-state index contributed by atoms with van der Waals surface area (Å²) in [5.74, 6) is -0.506. The van der Waals surface area contributed by atoms with Crippen LogP contribution in [-0.4, -0.2) is 16.0 Å². The van der Waals surface area contributed by atoms with Gasteiger partial charge >= 0.3 is 5.97 Å². The Kier molecular flexibility index (Phi) is 4.54. The molecule has 0 amide bonds. The van der Waals surface area contributed by atoms with Gasteiger partial charge in [-0.05, 0) is 24.3 Å². The van der Waals surface area contributed by atoms with Crippen LogP contribution in [0.1, 0.15) is 15.9 Å². The Bertz CT molecular complexity index is 684. The molecule has 0 heterocycles. The topological polar surface area (TPSA) is 89.7 Å². The van der Waals surface area contributed by atoms with E-state index in [0.717, 1.165) is 5.56 Å². The molecule has 0 saturated carbocycles. The second kappa shape index (κ2) is 6.36. The Morgan fingerprint density at radius 2 is 1.90 bits per heavy atom. The van der Waals surface area contributed by atoms with Gasteiger partial charge in [-0.3, -0.25) is 10.1 Å². The van der Waals surface area contributed by atoms with Gasteiger partial charge in [-0.2, -0.15) is 0 Å². The quantitative estimate of drug-likeness (QED) is 0.656. The first kappa shape index (κ1) is 15.0. The number of ether oxygens (including phenoxy) is 1. The number of nitro benzene ring substituents is 1. The van der Waals surface area contributed by atoms with Crippen molar-refractivity contribution < 1.29 is 19.6 Å². The largest absolute Gasteiger partial charge is 0.489 e. The fraction of sp³-hybridized carbons (Fsp3) is 0.0714. The Hall–Kier alpha value is -2.41. The average Bonchev–Trinajstić information content (AvgIpc) is 2.46. The highest BCUT2D eigenvalue weighted by molar-refractivity contribution is 9.10. The number of nitro groups is 1. The van der Waals surface area contributed by atoms with Crippen molar-refractivity contribution >= 4 is 27.6 Å². The van der Waals surface area contributed by atoms with Crippen molar-refractivity contribution in [2.24, 2.45) is 0 Å². The number of hydrogen-bond donors (Lipinski definition) is 1. The molecule has 0 spiro atoms. The van der Waals surface area contributed by atoms with E-state index in [1.54, 1.807) is 6.07 Å². The van der Waals surface area contributed by atoms with Gasteiger partial charge in [0.15, 0.2) is 0 Å². The smallest absolute Gasteiger partial charge is 0.335 e. The lowest BCUT2D eigenvalue weighted by Gasteiger charge is -2.08. The molecule has 0 fully saturated rings. The number of carboxylic acid groups (broad SMARTS) is 1. The highest BCUT2D eigenvalue weighted by atomic mass is 79.9. The summed E-state index contributed by atoms with van der Waals surface area (Å²) >= 11 is 3.29. The molecular formula is C14H10BrNO5. The van der Waals surface area contributed by atoms with E-state index in [1.165, 1.54) is 36.4 Å². The van der Waals surface area contributed by atoms with Gasteiger partial charge in [-0.25, -0.2) is 4.79 Å². The van der Waals surface area contributed by atoms with E-state index in [0.29, 0.717) is 10.2 Å². The fourth-order valence-electron chi connectivity index (χ4n) is 1.62. The standard InChI is InChI=1S/C14H10BrNO5/c15-13-7-9(14(17)18)1-2-10(13)8-21-12-5-3-11(4-6-12)16(19)20/h1-7H,8H2,(H,17,18). The third-order valence-electron chi connectivity index (χ3n) is 2.74. The van der Waals surface area contributed by atoms with Crippen LogP contribution in [0.15, 0.2) is 46.9 Å². The first-order chi connectivity index (χ1) is 9.97. The van der Waals surface area contributed by atoms with Crippen LogP contribution >= 0.6 is 15.9 Å². The van der Waals surface area contributed by atoms with E-state index in [4.69, 9.17) is 9.84 Å². The van der Waals surface area contributed by atoms with Crippen LogP contribution in [0.2, 0.25) is 0 Å². The van der Waals surface area contributed by atoms with Crippen LogP contribution in [0.25, 0.3) is 0 Å². The highest BCUT2D eigenvalue weighted by Crippen LogP contribution is 2.22. The Balaban J connectivity index is 2.06. The zero-order valence-electron chi connectivity index (χ0n) is 10.7. The van der Waals surface area contributed by atoms with Gasteiger partial charge in [-0.1, -0.05) is 22.0 Å². The molecule has 1 N–H and O–H groups in total. The number of halogens is 1. The molecule has 0 radical (unpaired) electrons. The average molecular weight is 352 g/mol. The molecule has 2 rings (SSSR count). The summed E-state index contributed by atoms with van der Waals surface area (Å²) in [6.45, 7) is 0.221. The van der Waals surface area contributed by atoms with Gasteiger partial charge in [0.25, 0.3) is 5.69 Å². The van der Waals surface area contributed by atoms with E-state index in [2.05, 4.69) is 15.9 Å². The molecule has 0 aromatic heterocycles. The SMILES string of the molecule is O=C(O)c1ccc(COc2ccc([N+](=O)[O-])cc2)c(Br)c1. The first-order valence-electron chi connectivity index (χ1n) is 5.86.